The fourth-order valence-corrected chi connectivity index (χ4v) is 3.50. The molecule has 1 aliphatic heterocycles. The van der Waals surface area contributed by atoms with Crippen LogP contribution in [0.2, 0.25) is 0 Å². The van der Waals surface area contributed by atoms with E-state index in [1.54, 1.807) is 0 Å². The van der Waals surface area contributed by atoms with Crippen LogP contribution in [-0.4, -0.2) is 29.2 Å². The monoisotopic (exact) mass is 376 g/mol. The van der Waals surface area contributed by atoms with Gasteiger partial charge in [-0.3, -0.25) is 9.59 Å². The van der Waals surface area contributed by atoms with Crippen molar-refractivity contribution in [2.24, 2.45) is 11.8 Å². The Bertz CT molecular complexity index is 339. The molecule has 1 saturated heterocycles. The zero-order valence-electron chi connectivity index (χ0n) is 17.6. The molecule has 1 saturated carbocycles. The maximum Gasteiger partial charge on any atom is 0.304 e. The summed E-state index contributed by atoms with van der Waals surface area (Å²) in [6, 6.07) is 0. The number of hydrogen-bond donors (Lipinski definition) is 0. The predicted molar refractivity (Wildman–Crippen MR) is 108 cm³/mol. The molecule has 2 fully saturated rings. The Balaban J connectivity index is 0. The fraction of sp³-hybridized carbons (Fsp3) is 0.900. The van der Waals surface area contributed by atoms with E-state index in [0.29, 0.717) is 5.75 Å². The first-order valence-corrected chi connectivity index (χ1v) is 10.8. The van der Waals surface area contributed by atoms with Gasteiger partial charge in [0.2, 0.25) is 6.29 Å². The van der Waals surface area contributed by atoms with Gasteiger partial charge in [0.15, 0.2) is 11.2 Å². The average Bonchev–Trinajstić information content (AvgIpc) is 2.98. The van der Waals surface area contributed by atoms with E-state index in [4.69, 9.17) is 9.47 Å². The van der Waals surface area contributed by atoms with Gasteiger partial charge in [0, 0.05) is 6.92 Å². The number of Topliss-reactive ketones (excluding diaryl/α,β-unsaturated/α-hetero) is 1. The van der Waals surface area contributed by atoms with Crippen molar-refractivity contribution in [3.63, 3.8) is 0 Å². The van der Waals surface area contributed by atoms with Crippen LogP contribution < -0.4 is 0 Å². The van der Waals surface area contributed by atoms with Crippen molar-refractivity contribution in [3.05, 3.63) is 0 Å². The molecule has 0 bridgehead atoms. The van der Waals surface area contributed by atoms with Gasteiger partial charge in [-0.05, 0) is 25.2 Å². The van der Waals surface area contributed by atoms with Crippen LogP contribution in [0, 0.1) is 11.8 Å². The molecule has 0 N–H and O–H groups in total. The summed E-state index contributed by atoms with van der Waals surface area (Å²) in [5, 5.41) is 0. The van der Waals surface area contributed by atoms with Gasteiger partial charge >= 0.3 is 5.97 Å². The van der Waals surface area contributed by atoms with Crippen molar-refractivity contribution in [1.29, 1.82) is 0 Å². The molecule has 0 aromatic heterocycles. The molecule has 25 heavy (non-hydrogen) atoms. The van der Waals surface area contributed by atoms with Crippen LogP contribution in [0.15, 0.2) is 0 Å². The highest BCUT2D eigenvalue weighted by atomic mass is 32.2. The lowest BCUT2D eigenvalue weighted by atomic mass is 9.84. The van der Waals surface area contributed by atoms with Gasteiger partial charge in [-0.15, -0.1) is 11.8 Å². The van der Waals surface area contributed by atoms with E-state index in [2.05, 4.69) is 27.7 Å². The summed E-state index contributed by atoms with van der Waals surface area (Å²) in [6.45, 7) is 15.8. The topological polar surface area (TPSA) is 52.6 Å². The van der Waals surface area contributed by atoms with Crippen molar-refractivity contribution in [3.8, 4) is 0 Å². The van der Waals surface area contributed by atoms with E-state index in [1.165, 1.54) is 57.7 Å². The Morgan fingerprint density at radius 3 is 1.84 bits per heavy atom. The molecule has 2 aliphatic rings. The van der Waals surface area contributed by atoms with Gasteiger partial charge in [-0.2, -0.15) is 0 Å². The predicted octanol–water partition coefficient (Wildman–Crippen LogP) is 5.83. The highest BCUT2D eigenvalue weighted by Gasteiger charge is 2.30. The molecule has 0 radical (unpaired) electrons. The molecule has 5 heteroatoms. The number of rotatable bonds is 2. The molecule has 4 atom stereocenters. The molecule has 1 heterocycles. The summed E-state index contributed by atoms with van der Waals surface area (Å²) in [4.78, 5) is 21.3. The number of ketones is 1. The molecule has 2 rings (SSSR count). The SMILES string of the molecule is CC.CC(=O)OC1CSC(C(C)=O)O1.CC1CCCC(C)C1.CCC. The maximum absolute atomic E-state index is 10.8. The smallest absolute Gasteiger partial charge is 0.304 e. The lowest BCUT2D eigenvalue weighted by Crippen LogP contribution is -2.21. The summed E-state index contributed by atoms with van der Waals surface area (Å²) < 4.78 is 9.86. The van der Waals surface area contributed by atoms with E-state index >= 15 is 0 Å². The van der Waals surface area contributed by atoms with Gasteiger partial charge in [0.05, 0.1) is 5.75 Å². The second-order valence-corrected chi connectivity index (χ2v) is 7.63. The molecule has 0 spiro atoms. The Kier molecular flexibility index (Phi) is 18.0. The van der Waals surface area contributed by atoms with E-state index in [-0.39, 0.29) is 11.8 Å². The minimum Gasteiger partial charge on any atom is -0.435 e. The number of esters is 1. The third-order valence-corrected chi connectivity index (χ3v) is 4.70. The van der Waals surface area contributed by atoms with Crippen LogP contribution >= 0.6 is 11.8 Å². The van der Waals surface area contributed by atoms with Gasteiger partial charge in [0.25, 0.3) is 0 Å². The van der Waals surface area contributed by atoms with Crippen molar-refractivity contribution in [2.45, 2.75) is 99.2 Å². The Labute approximate surface area is 159 Å². The van der Waals surface area contributed by atoms with Crippen molar-refractivity contribution in [2.75, 3.05) is 5.75 Å². The summed E-state index contributed by atoms with van der Waals surface area (Å²) >= 11 is 1.35. The van der Waals surface area contributed by atoms with E-state index in [9.17, 15) is 9.59 Å². The van der Waals surface area contributed by atoms with Gasteiger partial charge in [-0.25, -0.2) is 0 Å². The highest BCUT2D eigenvalue weighted by molar-refractivity contribution is 8.00. The van der Waals surface area contributed by atoms with Gasteiger partial charge < -0.3 is 9.47 Å². The summed E-state index contributed by atoms with van der Waals surface area (Å²) in [5.41, 5.74) is -0.464. The number of hydrogen-bond acceptors (Lipinski definition) is 5. The van der Waals surface area contributed by atoms with Crippen LogP contribution in [0.5, 0.6) is 0 Å². The first-order chi connectivity index (χ1) is 11.8. The Morgan fingerprint density at radius 2 is 1.56 bits per heavy atom. The Morgan fingerprint density at radius 1 is 1.08 bits per heavy atom. The minimum atomic E-state index is -0.554. The molecular formula is C20H40O4S. The third-order valence-electron chi connectivity index (χ3n) is 3.49. The average molecular weight is 377 g/mol. The van der Waals surface area contributed by atoms with Crippen LogP contribution in [0.25, 0.3) is 0 Å². The summed E-state index contributed by atoms with van der Waals surface area (Å²) in [7, 11) is 0. The van der Waals surface area contributed by atoms with Gasteiger partial charge in [-0.1, -0.05) is 67.2 Å². The zero-order valence-corrected chi connectivity index (χ0v) is 18.4. The van der Waals surface area contributed by atoms with Crippen LogP contribution in [-0.2, 0) is 19.1 Å². The lowest BCUT2D eigenvalue weighted by molar-refractivity contribution is -0.172. The third kappa shape index (κ3) is 15.4. The minimum absolute atomic E-state index is 0.0466. The first kappa shape index (κ1) is 26.7. The van der Waals surface area contributed by atoms with Crippen LogP contribution in [0.4, 0.5) is 0 Å². The first-order valence-electron chi connectivity index (χ1n) is 9.74. The number of thioether (sulfide) groups is 1. The standard InChI is InChI=1S/C8H16.C7H10O4S.C3H8.C2H6/c1-7-4-3-5-8(2)6-7;1-4(8)7-11-6(3-12-7)10-5(2)9;1-3-2;1-2/h7-8H,3-6H2,1-2H3;6-7H,3H2,1-2H3;3H2,1-2H3;1-2H3. The van der Waals surface area contributed by atoms with E-state index in [0.717, 1.165) is 11.8 Å². The van der Waals surface area contributed by atoms with E-state index < -0.39 is 11.7 Å². The number of carbonyl (C=O) groups is 2. The fourth-order valence-electron chi connectivity index (χ4n) is 2.58. The van der Waals surface area contributed by atoms with Crippen LogP contribution in [0.3, 0.4) is 0 Å². The van der Waals surface area contributed by atoms with Crippen molar-refractivity contribution in [1.82, 2.24) is 0 Å². The molecule has 1 aliphatic carbocycles. The maximum atomic E-state index is 10.8. The van der Waals surface area contributed by atoms with Crippen molar-refractivity contribution >= 4 is 23.5 Å². The normalized spacial score (nSPS) is 27.4. The lowest BCUT2D eigenvalue weighted by Gasteiger charge is -2.22. The Hall–Kier alpha value is -0.550. The zero-order chi connectivity index (χ0) is 19.8. The van der Waals surface area contributed by atoms with Gasteiger partial charge in [0.1, 0.15) is 0 Å². The molecule has 0 aromatic carbocycles. The summed E-state index contributed by atoms with van der Waals surface area (Å²) in [5.74, 6) is 2.13. The van der Waals surface area contributed by atoms with E-state index in [1.807, 2.05) is 13.8 Å². The molecule has 0 aromatic rings. The summed E-state index contributed by atoms with van der Waals surface area (Å²) in [6.07, 6.45) is 6.60. The quantitative estimate of drug-likeness (QED) is 0.568. The second-order valence-electron chi connectivity index (χ2n) is 6.54. The second kappa shape index (κ2) is 16.9. The molecule has 4 nitrogen and oxygen atoms in total. The van der Waals surface area contributed by atoms with Crippen molar-refractivity contribution < 1.29 is 19.1 Å². The number of carbonyl (C=O) groups excluding carboxylic acids is 2. The molecule has 4 unspecified atom stereocenters. The highest BCUT2D eigenvalue weighted by Crippen LogP contribution is 2.27. The molecule has 150 valence electrons. The molecular weight excluding hydrogens is 336 g/mol. The number of ether oxygens (including phenoxy) is 2. The molecule has 0 amide bonds. The van der Waals surface area contributed by atoms with Crippen LogP contribution in [0.1, 0.15) is 87.5 Å². The largest absolute Gasteiger partial charge is 0.435 e.